The molecule has 1 aliphatic heterocycles. The minimum absolute atomic E-state index is 0.00382. The number of fused-ring (bicyclic) bond motifs is 2. The van der Waals surface area contributed by atoms with E-state index in [4.69, 9.17) is 4.98 Å². The lowest BCUT2D eigenvalue weighted by Gasteiger charge is -2.30. The van der Waals surface area contributed by atoms with Crippen molar-refractivity contribution in [1.29, 1.82) is 0 Å². The van der Waals surface area contributed by atoms with Gasteiger partial charge in [-0.25, -0.2) is 4.98 Å². The van der Waals surface area contributed by atoms with E-state index < -0.39 is 0 Å². The van der Waals surface area contributed by atoms with Gasteiger partial charge >= 0.3 is 0 Å². The molecule has 1 aliphatic carbocycles. The lowest BCUT2D eigenvalue weighted by Crippen LogP contribution is -2.41. The number of aryl methyl sites for hydroxylation is 1. The lowest BCUT2D eigenvalue weighted by molar-refractivity contribution is -0.125. The van der Waals surface area contributed by atoms with Crippen molar-refractivity contribution in [3.8, 4) is 0 Å². The SMILES string of the molecule is CN(CCCNC(=O)C1CCN(c2nn3c(=O)c4c(nc3s2)CCCC4)CC1)Cc1ccccc1. The summed E-state index contributed by atoms with van der Waals surface area (Å²) in [6.07, 6.45) is 6.38. The normalized spacial score (nSPS) is 16.6. The summed E-state index contributed by atoms with van der Waals surface area (Å²) in [7, 11) is 2.12. The maximum Gasteiger partial charge on any atom is 0.278 e. The number of nitrogens with zero attached hydrogens (tertiary/aromatic N) is 5. The molecule has 5 rings (SSSR count). The number of hydrogen-bond donors (Lipinski definition) is 1. The summed E-state index contributed by atoms with van der Waals surface area (Å²) >= 11 is 1.48. The maximum absolute atomic E-state index is 12.9. The molecule has 1 N–H and O–H groups in total. The smallest absolute Gasteiger partial charge is 0.278 e. The molecular weight excluding hydrogens is 460 g/mol. The molecule has 1 saturated heterocycles. The fraction of sp³-hybridized carbons (Fsp3) is 0.538. The summed E-state index contributed by atoms with van der Waals surface area (Å²) < 4.78 is 1.48. The highest BCUT2D eigenvalue weighted by molar-refractivity contribution is 7.20. The highest BCUT2D eigenvalue weighted by Crippen LogP contribution is 2.28. The number of piperidine rings is 1. The fourth-order valence-corrected chi connectivity index (χ4v) is 6.07. The molecule has 1 fully saturated rings. The zero-order valence-corrected chi connectivity index (χ0v) is 21.2. The molecule has 3 heterocycles. The number of rotatable bonds is 8. The van der Waals surface area contributed by atoms with E-state index in [1.54, 1.807) is 0 Å². The van der Waals surface area contributed by atoms with E-state index in [-0.39, 0.29) is 17.4 Å². The van der Waals surface area contributed by atoms with Crippen molar-refractivity contribution in [3.63, 3.8) is 0 Å². The van der Waals surface area contributed by atoms with Crippen LogP contribution in [0.4, 0.5) is 5.13 Å². The van der Waals surface area contributed by atoms with E-state index >= 15 is 0 Å². The second-order valence-corrected chi connectivity index (χ2v) is 10.7. The van der Waals surface area contributed by atoms with Crippen molar-refractivity contribution in [2.24, 2.45) is 5.92 Å². The monoisotopic (exact) mass is 494 g/mol. The Balaban J connectivity index is 1.08. The van der Waals surface area contributed by atoms with Gasteiger partial charge in [-0.05, 0) is 64.1 Å². The van der Waals surface area contributed by atoms with Crippen LogP contribution in [0, 0.1) is 5.92 Å². The fourth-order valence-electron chi connectivity index (χ4n) is 5.10. The van der Waals surface area contributed by atoms with E-state index in [1.165, 1.54) is 21.4 Å². The minimum atomic E-state index is -0.00382. The first kappa shape index (κ1) is 23.9. The Hall–Kier alpha value is -2.78. The molecule has 9 heteroatoms. The highest BCUT2D eigenvalue weighted by atomic mass is 32.1. The minimum Gasteiger partial charge on any atom is -0.356 e. The first-order valence-corrected chi connectivity index (χ1v) is 13.6. The Bertz CT molecular complexity index is 1220. The molecule has 0 atom stereocenters. The van der Waals surface area contributed by atoms with Gasteiger partial charge in [-0.2, -0.15) is 4.52 Å². The second kappa shape index (κ2) is 10.9. The topological polar surface area (TPSA) is 82.8 Å². The van der Waals surface area contributed by atoms with Gasteiger partial charge in [-0.15, -0.1) is 5.10 Å². The number of benzene rings is 1. The summed E-state index contributed by atoms with van der Waals surface area (Å²) in [6.45, 7) is 4.11. The average Bonchev–Trinajstić information content (AvgIpc) is 3.32. The van der Waals surface area contributed by atoms with Gasteiger partial charge in [0.15, 0.2) is 0 Å². The number of amides is 1. The third kappa shape index (κ3) is 5.56. The molecule has 0 bridgehead atoms. The molecule has 1 amide bonds. The Kier molecular flexibility index (Phi) is 7.43. The largest absolute Gasteiger partial charge is 0.356 e. The Morgan fingerprint density at radius 3 is 2.74 bits per heavy atom. The summed E-state index contributed by atoms with van der Waals surface area (Å²) in [6, 6.07) is 10.4. The molecule has 1 aromatic carbocycles. The quantitative estimate of drug-likeness (QED) is 0.485. The van der Waals surface area contributed by atoms with Crippen molar-refractivity contribution in [2.75, 3.05) is 38.1 Å². The molecule has 0 spiro atoms. The predicted molar refractivity (Wildman–Crippen MR) is 139 cm³/mol. The summed E-state index contributed by atoms with van der Waals surface area (Å²) in [5.41, 5.74) is 3.10. The number of hydrogen-bond acceptors (Lipinski definition) is 7. The zero-order chi connectivity index (χ0) is 24.2. The molecule has 2 aliphatic rings. The molecule has 35 heavy (non-hydrogen) atoms. The third-order valence-electron chi connectivity index (χ3n) is 7.12. The van der Waals surface area contributed by atoms with Crippen LogP contribution in [-0.2, 0) is 24.2 Å². The van der Waals surface area contributed by atoms with Gasteiger partial charge in [-0.3, -0.25) is 9.59 Å². The number of carbonyl (C=O) groups is 1. The lowest BCUT2D eigenvalue weighted by atomic mass is 9.96. The van der Waals surface area contributed by atoms with Gasteiger partial charge in [0.1, 0.15) is 0 Å². The molecule has 2 aromatic heterocycles. The molecule has 186 valence electrons. The number of anilines is 1. The van der Waals surface area contributed by atoms with E-state index in [1.807, 2.05) is 6.07 Å². The van der Waals surface area contributed by atoms with Crippen LogP contribution in [0.25, 0.3) is 4.96 Å². The van der Waals surface area contributed by atoms with Gasteiger partial charge in [0.2, 0.25) is 16.0 Å². The van der Waals surface area contributed by atoms with Crippen molar-refractivity contribution < 1.29 is 4.79 Å². The van der Waals surface area contributed by atoms with E-state index in [0.717, 1.165) is 87.5 Å². The summed E-state index contributed by atoms with van der Waals surface area (Å²) in [4.78, 5) is 35.5. The van der Waals surface area contributed by atoms with Gasteiger partial charge < -0.3 is 15.1 Å². The Labute approximate surface area is 210 Å². The summed E-state index contributed by atoms with van der Waals surface area (Å²) in [5, 5.41) is 8.57. The predicted octanol–water partition coefficient (Wildman–Crippen LogP) is 2.88. The van der Waals surface area contributed by atoms with Crippen molar-refractivity contribution in [2.45, 2.75) is 51.5 Å². The van der Waals surface area contributed by atoms with Crippen molar-refractivity contribution in [1.82, 2.24) is 24.8 Å². The molecular formula is C26H34N6O2S. The van der Waals surface area contributed by atoms with Gasteiger partial charge in [0, 0.05) is 37.7 Å². The molecule has 0 saturated carbocycles. The van der Waals surface area contributed by atoms with Crippen LogP contribution in [0.5, 0.6) is 0 Å². The average molecular weight is 495 g/mol. The third-order valence-corrected chi connectivity index (χ3v) is 8.09. The van der Waals surface area contributed by atoms with Crippen LogP contribution in [0.1, 0.15) is 48.9 Å². The van der Waals surface area contributed by atoms with Gasteiger partial charge in [0.05, 0.1) is 5.69 Å². The van der Waals surface area contributed by atoms with Gasteiger partial charge in [-0.1, -0.05) is 41.7 Å². The van der Waals surface area contributed by atoms with Crippen LogP contribution in [0.3, 0.4) is 0 Å². The van der Waals surface area contributed by atoms with Crippen LogP contribution < -0.4 is 15.8 Å². The van der Waals surface area contributed by atoms with Gasteiger partial charge in [0.25, 0.3) is 5.56 Å². The van der Waals surface area contributed by atoms with Crippen LogP contribution in [-0.4, -0.2) is 58.6 Å². The molecule has 0 unspecified atom stereocenters. The second-order valence-electron chi connectivity index (χ2n) is 9.76. The van der Waals surface area contributed by atoms with E-state index in [2.05, 4.69) is 51.5 Å². The van der Waals surface area contributed by atoms with Crippen molar-refractivity contribution >= 4 is 27.3 Å². The molecule has 8 nitrogen and oxygen atoms in total. The number of carbonyl (C=O) groups excluding carboxylic acids is 1. The first-order valence-electron chi connectivity index (χ1n) is 12.8. The number of nitrogens with one attached hydrogen (secondary N) is 1. The van der Waals surface area contributed by atoms with Crippen LogP contribution >= 0.6 is 11.3 Å². The zero-order valence-electron chi connectivity index (χ0n) is 20.4. The maximum atomic E-state index is 12.9. The standard InChI is InChI=1S/C26H34N6O2S/c1-30(18-19-8-3-2-4-9-19)15-7-14-27-23(33)20-12-16-31(17-13-20)26-29-32-24(34)21-10-5-6-11-22(21)28-25(32)35-26/h2-4,8-9,20H,5-7,10-18H2,1H3,(H,27,33). The summed E-state index contributed by atoms with van der Waals surface area (Å²) in [5.74, 6) is 0.195. The van der Waals surface area contributed by atoms with Crippen molar-refractivity contribution in [3.05, 3.63) is 57.5 Å². The van der Waals surface area contributed by atoms with Crippen LogP contribution in [0.2, 0.25) is 0 Å². The molecule has 0 radical (unpaired) electrons. The highest BCUT2D eigenvalue weighted by Gasteiger charge is 2.27. The Morgan fingerprint density at radius 1 is 1.17 bits per heavy atom. The van der Waals surface area contributed by atoms with Crippen LogP contribution in [0.15, 0.2) is 35.1 Å². The first-order chi connectivity index (χ1) is 17.1. The Morgan fingerprint density at radius 2 is 1.94 bits per heavy atom. The van der Waals surface area contributed by atoms with E-state index in [0.29, 0.717) is 11.5 Å². The number of aromatic nitrogens is 3. The van der Waals surface area contributed by atoms with E-state index in [9.17, 15) is 9.59 Å². The molecule has 3 aromatic rings.